The highest BCUT2D eigenvalue weighted by Crippen LogP contribution is 2.36. The topological polar surface area (TPSA) is 146 Å². The number of likely N-dealkylation sites (tertiary alicyclic amines) is 2. The summed E-state index contributed by atoms with van der Waals surface area (Å²) < 4.78 is 7.65. The molecule has 4 aliphatic rings. The van der Waals surface area contributed by atoms with Crippen LogP contribution in [0.4, 0.5) is 16.6 Å². The summed E-state index contributed by atoms with van der Waals surface area (Å²) in [6.07, 6.45) is 10.1. The molecule has 1 N–H and O–H groups in total. The number of carbonyl (C=O) groups excluding carboxylic acids is 4. The van der Waals surface area contributed by atoms with Gasteiger partial charge in [-0.05, 0) is 77.5 Å². The van der Waals surface area contributed by atoms with E-state index < -0.39 is 17.7 Å². The lowest BCUT2D eigenvalue weighted by molar-refractivity contribution is -0.141. The molecule has 3 saturated heterocycles. The standard InChI is InChI=1S/C36H47N9O5/c1-36(2,3)50-35(49)43-16-8-11-27(43)33(48)44-25-13-14-26(44)21-42(20-25)31(46)22-12-15-29(37-18-22)39-34-38-19-23-17-28(32(47)41(4)5)45(30(23)40-34)24-9-6-7-10-24/h12,15,17-19,24-27H,6-11,13-14,16,20-21H2,1-5H3,(H,37,38,39,40). The van der Waals surface area contributed by atoms with Crippen molar-refractivity contribution in [3.63, 3.8) is 0 Å². The third kappa shape index (κ3) is 6.47. The van der Waals surface area contributed by atoms with E-state index in [0.717, 1.165) is 50.3 Å². The Labute approximate surface area is 292 Å². The van der Waals surface area contributed by atoms with Gasteiger partial charge in [-0.3, -0.25) is 19.3 Å². The van der Waals surface area contributed by atoms with Crippen molar-refractivity contribution in [2.75, 3.05) is 39.0 Å². The zero-order valence-electron chi connectivity index (χ0n) is 29.6. The van der Waals surface area contributed by atoms with Crippen molar-refractivity contribution in [1.29, 1.82) is 0 Å². The van der Waals surface area contributed by atoms with E-state index in [1.807, 2.05) is 36.6 Å². The van der Waals surface area contributed by atoms with Gasteiger partial charge in [0.15, 0.2) is 0 Å². The molecule has 1 saturated carbocycles. The van der Waals surface area contributed by atoms with Crippen LogP contribution in [0.25, 0.3) is 11.0 Å². The van der Waals surface area contributed by atoms with Crippen LogP contribution in [-0.4, -0.2) is 120 Å². The molecule has 14 nitrogen and oxygen atoms in total. The molecule has 2 bridgehead atoms. The summed E-state index contributed by atoms with van der Waals surface area (Å²) in [6.45, 7) is 6.85. The van der Waals surface area contributed by atoms with Gasteiger partial charge in [0.25, 0.3) is 11.8 Å². The van der Waals surface area contributed by atoms with Crippen molar-refractivity contribution in [3.8, 4) is 0 Å². The van der Waals surface area contributed by atoms with Crippen LogP contribution in [0.1, 0.15) is 99.0 Å². The molecule has 3 aromatic heterocycles. The Morgan fingerprint density at radius 3 is 2.26 bits per heavy atom. The predicted octanol–water partition coefficient (Wildman–Crippen LogP) is 4.60. The first-order valence-electron chi connectivity index (χ1n) is 17.8. The number of piperazine rings is 1. The summed E-state index contributed by atoms with van der Waals surface area (Å²) in [7, 11) is 3.51. The summed E-state index contributed by atoms with van der Waals surface area (Å²) in [4.78, 5) is 74.1. The summed E-state index contributed by atoms with van der Waals surface area (Å²) in [5, 5.41) is 3.97. The average Bonchev–Trinajstić information content (AvgIpc) is 3.89. The highest BCUT2D eigenvalue weighted by molar-refractivity contribution is 5.98. The molecule has 0 aromatic carbocycles. The van der Waals surface area contributed by atoms with Gasteiger partial charge in [-0.25, -0.2) is 14.8 Å². The SMILES string of the molecule is CN(C)C(=O)c1cc2cnc(Nc3ccc(C(=O)N4CC5CCC(C4)N5C(=O)C4CCCN4C(=O)OC(C)(C)C)cn3)nc2n1C1CCCC1. The molecule has 3 unspecified atom stereocenters. The fourth-order valence-electron chi connectivity index (χ4n) is 8.05. The maximum atomic E-state index is 13.8. The van der Waals surface area contributed by atoms with Crippen molar-refractivity contribution in [1.82, 2.24) is 39.1 Å². The number of carbonyl (C=O) groups is 4. The van der Waals surface area contributed by atoms with Gasteiger partial charge in [0, 0.05) is 69.6 Å². The van der Waals surface area contributed by atoms with E-state index >= 15 is 0 Å². The van der Waals surface area contributed by atoms with Crippen LogP contribution in [0.3, 0.4) is 0 Å². The number of rotatable bonds is 6. The molecule has 266 valence electrons. The molecule has 6 heterocycles. The molecule has 0 radical (unpaired) electrons. The third-order valence-electron chi connectivity index (χ3n) is 10.3. The average molecular weight is 686 g/mol. The van der Waals surface area contributed by atoms with E-state index in [0.29, 0.717) is 54.7 Å². The van der Waals surface area contributed by atoms with Gasteiger partial charge >= 0.3 is 6.09 Å². The normalized spacial score (nSPS) is 22.3. The van der Waals surface area contributed by atoms with Gasteiger partial charge in [0.05, 0.1) is 5.56 Å². The van der Waals surface area contributed by atoms with Crippen LogP contribution in [-0.2, 0) is 9.53 Å². The minimum Gasteiger partial charge on any atom is -0.444 e. The van der Waals surface area contributed by atoms with Crippen molar-refractivity contribution in [2.45, 2.75) is 102 Å². The second-order valence-corrected chi connectivity index (χ2v) is 15.2. The summed E-state index contributed by atoms with van der Waals surface area (Å²) in [6, 6.07) is 4.84. The zero-order valence-corrected chi connectivity index (χ0v) is 29.6. The second-order valence-electron chi connectivity index (χ2n) is 15.2. The number of amides is 4. The van der Waals surface area contributed by atoms with Crippen LogP contribution in [0.15, 0.2) is 30.6 Å². The quantitative estimate of drug-likeness (QED) is 0.393. The van der Waals surface area contributed by atoms with Gasteiger partial charge in [0.2, 0.25) is 11.9 Å². The van der Waals surface area contributed by atoms with Gasteiger partial charge in [-0.2, -0.15) is 4.98 Å². The largest absolute Gasteiger partial charge is 0.444 e. The molecule has 0 spiro atoms. The van der Waals surface area contributed by atoms with Gasteiger partial charge in [-0.1, -0.05) is 12.8 Å². The van der Waals surface area contributed by atoms with Gasteiger partial charge < -0.3 is 29.3 Å². The van der Waals surface area contributed by atoms with Crippen molar-refractivity contribution in [3.05, 3.63) is 41.9 Å². The van der Waals surface area contributed by atoms with Crippen LogP contribution in [0.2, 0.25) is 0 Å². The van der Waals surface area contributed by atoms with E-state index in [4.69, 9.17) is 9.72 Å². The van der Waals surface area contributed by atoms with Gasteiger partial charge in [0.1, 0.15) is 28.8 Å². The van der Waals surface area contributed by atoms with Crippen molar-refractivity contribution < 1.29 is 23.9 Å². The number of nitrogens with zero attached hydrogens (tertiary/aromatic N) is 8. The predicted molar refractivity (Wildman–Crippen MR) is 186 cm³/mol. The molecule has 14 heteroatoms. The van der Waals surface area contributed by atoms with E-state index in [9.17, 15) is 19.2 Å². The Morgan fingerprint density at radius 1 is 0.900 bits per heavy atom. The smallest absolute Gasteiger partial charge is 0.410 e. The number of aromatic nitrogens is 4. The molecule has 1 aliphatic carbocycles. The number of ether oxygens (including phenoxy) is 1. The monoisotopic (exact) mass is 685 g/mol. The lowest BCUT2D eigenvalue weighted by Gasteiger charge is -2.43. The molecule has 50 heavy (non-hydrogen) atoms. The maximum Gasteiger partial charge on any atom is 0.410 e. The molecule has 3 aliphatic heterocycles. The van der Waals surface area contributed by atoms with E-state index in [-0.39, 0.29) is 35.8 Å². The van der Waals surface area contributed by atoms with Crippen LogP contribution >= 0.6 is 0 Å². The lowest BCUT2D eigenvalue weighted by Crippen LogP contribution is -2.60. The Balaban J connectivity index is 1.01. The summed E-state index contributed by atoms with van der Waals surface area (Å²) in [5.41, 5.74) is 1.15. The van der Waals surface area contributed by atoms with Crippen molar-refractivity contribution >= 4 is 46.6 Å². The van der Waals surface area contributed by atoms with E-state index in [2.05, 4.69) is 19.9 Å². The van der Waals surface area contributed by atoms with Crippen LogP contribution < -0.4 is 5.32 Å². The third-order valence-corrected chi connectivity index (χ3v) is 10.3. The van der Waals surface area contributed by atoms with E-state index in [1.54, 1.807) is 48.4 Å². The first-order chi connectivity index (χ1) is 23.9. The molecule has 7 rings (SSSR count). The number of anilines is 2. The van der Waals surface area contributed by atoms with Crippen LogP contribution in [0, 0.1) is 0 Å². The minimum atomic E-state index is -0.635. The molecule has 3 aromatic rings. The minimum absolute atomic E-state index is 0.0403. The van der Waals surface area contributed by atoms with Crippen molar-refractivity contribution in [2.24, 2.45) is 0 Å². The fourth-order valence-corrected chi connectivity index (χ4v) is 8.05. The Morgan fingerprint density at radius 2 is 1.62 bits per heavy atom. The number of fused-ring (bicyclic) bond motifs is 3. The highest BCUT2D eigenvalue weighted by atomic mass is 16.6. The first-order valence-corrected chi connectivity index (χ1v) is 17.8. The van der Waals surface area contributed by atoms with Gasteiger partial charge in [-0.15, -0.1) is 0 Å². The fraction of sp³-hybridized carbons (Fsp3) is 0.583. The molecule has 3 atom stereocenters. The molecular formula is C36H47N9O5. The summed E-state index contributed by atoms with van der Waals surface area (Å²) in [5.74, 6) is 0.614. The molecule has 4 fully saturated rings. The number of nitrogens with one attached hydrogen (secondary N) is 1. The Hall–Kier alpha value is -4.75. The first kappa shape index (κ1) is 33.7. The zero-order chi connectivity index (χ0) is 35.3. The van der Waals surface area contributed by atoms with E-state index in [1.165, 1.54) is 0 Å². The highest BCUT2D eigenvalue weighted by Gasteiger charge is 2.48. The number of hydrogen-bond donors (Lipinski definition) is 1. The molecular weight excluding hydrogens is 638 g/mol. The molecule has 4 amide bonds. The number of pyridine rings is 1. The van der Waals surface area contributed by atoms with Crippen LogP contribution in [0.5, 0.6) is 0 Å². The Bertz CT molecular complexity index is 1780. The second kappa shape index (κ2) is 13.2. The Kier molecular flexibility index (Phi) is 8.89. The summed E-state index contributed by atoms with van der Waals surface area (Å²) >= 11 is 0. The lowest BCUT2D eigenvalue weighted by atomic mass is 10.1. The number of hydrogen-bond acceptors (Lipinski definition) is 9. The maximum absolute atomic E-state index is 13.8.